The molecule has 1 aliphatic rings. The van der Waals surface area contributed by atoms with Gasteiger partial charge in [0.1, 0.15) is 11.4 Å². The van der Waals surface area contributed by atoms with Crippen molar-refractivity contribution in [3.8, 4) is 5.75 Å². The van der Waals surface area contributed by atoms with E-state index in [1.165, 1.54) is 34.8 Å². The summed E-state index contributed by atoms with van der Waals surface area (Å²) >= 11 is 0. The molecule has 2 N–H and O–H groups in total. The average molecular weight is 390 g/mol. The number of nitrogens with one attached hydrogen (secondary N) is 1. The van der Waals surface area contributed by atoms with Crippen molar-refractivity contribution in [1.29, 1.82) is 0 Å². The largest absolute Gasteiger partial charge is 0.508 e. The number of nitro benzene ring substituents is 1. The summed E-state index contributed by atoms with van der Waals surface area (Å²) in [5, 5.41) is 24.7. The standard InChI is InChI=1S/C17H18N4O5S/c22-14-5-3-4-13(10-14)12-18-19-16-7-6-15(11-17(16)21(23)24)27(25,26)20-8-1-2-9-20/h3-7,10-12,19,22H,1-2,8-9H2/b18-12-. The number of nitro groups is 1. The first-order valence-electron chi connectivity index (χ1n) is 8.24. The number of nitrogens with zero attached hydrogens (tertiary/aromatic N) is 3. The molecule has 0 spiro atoms. The molecule has 2 aromatic rings. The maximum Gasteiger partial charge on any atom is 0.295 e. The third-order valence-corrected chi connectivity index (χ3v) is 6.03. The molecule has 0 radical (unpaired) electrons. The summed E-state index contributed by atoms with van der Waals surface area (Å²) in [5.41, 5.74) is 2.82. The van der Waals surface area contributed by atoms with Gasteiger partial charge in [-0.2, -0.15) is 9.41 Å². The Labute approximate surface area is 156 Å². The van der Waals surface area contributed by atoms with Crippen LogP contribution < -0.4 is 5.43 Å². The van der Waals surface area contributed by atoms with Crippen LogP contribution in [0.25, 0.3) is 0 Å². The molecule has 0 saturated carbocycles. The van der Waals surface area contributed by atoms with E-state index in [1.54, 1.807) is 12.1 Å². The monoisotopic (exact) mass is 390 g/mol. The van der Waals surface area contributed by atoms with Crippen LogP contribution in [0.2, 0.25) is 0 Å². The Morgan fingerprint density at radius 1 is 1.19 bits per heavy atom. The summed E-state index contributed by atoms with van der Waals surface area (Å²) in [6.45, 7) is 0.842. The Morgan fingerprint density at radius 3 is 2.59 bits per heavy atom. The Hall–Kier alpha value is -2.98. The summed E-state index contributed by atoms with van der Waals surface area (Å²) in [6, 6.07) is 10.0. The van der Waals surface area contributed by atoms with Gasteiger partial charge in [0.05, 0.1) is 16.0 Å². The molecule has 10 heteroatoms. The molecule has 1 aliphatic heterocycles. The quantitative estimate of drug-likeness (QED) is 0.443. The second-order valence-electron chi connectivity index (χ2n) is 6.01. The van der Waals surface area contributed by atoms with Gasteiger partial charge in [0, 0.05) is 19.2 Å². The molecule has 1 fully saturated rings. The molecule has 9 nitrogen and oxygen atoms in total. The number of rotatable bonds is 6. The van der Waals surface area contributed by atoms with Gasteiger partial charge in [-0.05, 0) is 42.7 Å². The van der Waals surface area contributed by atoms with E-state index in [0.717, 1.165) is 18.9 Å². The Bertz CT molecular complexity index is 985. The first kappa shape index (κ1) is 18.8. The van der Waals surface area contributed by atoms with E-state index < -0.39 is 14.9 Å². The highest BCUT2D eigenvalue weighted by molar-refractivity contribution is 7.89. The molecular formula is C17H18N4O5S. The fraction of sp³-hybridized carbons (Fsp3) is 0.235. The van der Waals surface area contributed by atoms with Crippen LogP contribution in [-0.2, 0) is 10.0 Å². The van der Waals surface area contributed by atoms with Crippen molar-refractivity contribution in [2.24, 2.45) is 5.10 Å². The Morgan fingerprint density at radius 2 is 1.93 bits per heavy atom. The third kappa shape index (κ3) is 4.23. The van der Waals surface area contributed by atoms with Gasteiger partial charge in [-0.3, -0.25) is 15.5 Å². The van der Waals surface area contributed by atoms with Crippen LogP contribution in [0.15, 0.2) is 52.5 Å². The highest BCUT2D eigenvalue weighted by Crippen LogP contribution is 2.30. The summed E-state index contributed by atoms with van der Waals surface area (Å²) in [6.07, 6.45) is 2.95. The fourth-order valence-corrected chi connectivity index (χ4v) is 4.31. The molecule has 142 valence electrons. The Balaban J connectivity index is 1.85. The molecular weight excluding hydrogens is 372 g/mol. The summed E-state index contributed by atoms with van der Waals surface area (Å²) in [5.74, 6) is 0.0707. The first-order chi connectivity index (χ1) is 12.9. The normalized spacial score (nSPS) is 15.3. The average Bonchev–Trinajstić information content (AvgIpc) is 3.17. The highest BCUT2D eigenvalue weighted by Gasteiger charge is 2.29. The lowest BCUT2D eigenvalue weighted by Crippen LogP contribution is -2.27. The van der Waals surface area contributed by atoms with Crippen molar-refractivity contribution < 1.29 is 18.4 Å². The number of hydrogen-bond acceptors (Lipinski definition) is 7. The second kappa shape index (κ2) is 7.72. The summed E-state index contributed by atoms with van der Waals surface area (Å²) in [7, 11) is -3.74. The number of benzene rings is 2. The zero-order valence-corrected chi connectivity index (χ0v) is 15.1. The molecule has 27 heavy (non-hydrogen) atoms. The van der Waals surface area contributed by atoms with E-state index in [-0.39, 0.29) is 22.0 Å². The molecule has 1 heterocycles. The predicted octanol–water partition coefficient (Wildman–Crippen LogP) is 2.53. The first-order valence-corrected chi connectivity index (χ1v) is 9.68. The van der Waals surface area contributed by atoms with E-state index in [9.17, 15) is 23.6 Å². The van der Waals surface area contributed by atoms with Gasteiger partial charge in [-0.15, -0.1) is 0 Å². The maximum atomic E-state index is 12.6. The molecule has 0 aromatic heterocycles. The van der Waals surface area contributed by atoms with E-state index in [1.807, 2.05) is 0 Å². The number of hydrazone groups is 1. The SMILES string of the molecule is O=[N+]([O-])c1cc(S(=O)(=O)N2CCCC2)ccc1N/N=C\c1cccc(O)c1. The van der Waals surface area contributed by atoms with Crippen LogP contribution >= 0.6 is 0 Å². The lowest BCUT2D eigenvalue weighted by Gasteiger charge is -2.15. The van der Waals surface area contributed by atoms with Crippen LogP contribution in [0.5, 0.6) is 5.75 Å². The Kier molecular flexibility index (Phi) is 5.38. The molecule has 3 rings (SSSR count). The number of phenols is 1. The number of sulfonamides is 1. The third-order valence-electron chi connectivity index (χ3n) is 4.14. The maximum absolute atomic E-state index is 12.6. The molecule has 1 saturated heterocycles. The lowest BCUT2D eigenvalue weighted by molar-refractivity contribution is -0.384. The number of aromatic hydroxyl groups is 1. The minimum Gasteiger partial charge on any atom is -0.508 e. The fourth-order valence-electron chi connectivity index (χ4n) is 2.78. The van der Waals surface area contributed by atoms with Gasteiger partial charge >= 0.3 is 0 Å². The number of anilines is 1. The van der Waals surface area contributed by atoms with E-state index in [4.69, 9.17) is 0 Å². The van der Waals surface area contributed by atoms with Crippen molar-refractivity contribution in [1.82, 2.24) is 4.31 Å². The van der Waals surface area contributed by atoms with E-state index in [2.05, 4.69) is 10.5 Å². The minimum atomic E-state index is -3.74. The smallest absolute Gasteiger partial charge is 0.295 e. The van der Waals surface area contributed by atoms with Crippen LogP contribution in [0.4, 0.5) is 11.4 Å². The topological polar surface area (TPSA) is 125 Å². The zero-order valence-electron chi connectivity index (χ0n) is 14.3. The van der Waals surface area contributed by atoms with Crippen molar-refractivity contribution in [3.05, 3.63) is 58.1 Å². The van der Waals surface area contributed by atoms with Gasteiger partial charge in [-0.1, -0.05) is 12.1 Å². The predicted molar refractivity (Wildman–Crippen MR) is 100 cm³/mol. The van der Waals surface area contributed by atoms with Gasteiger partial charge in [0.25, 0.3) is 5.69 Å². The molecule has 0 amide bonds. The zero-order chi connectivity index (χ0) is 19.4. The van der Waals surface area contributed by atoms with Gasteiger partial charge < -0.3 is 5.11 Å². The van der Waals surface area contributed by atoms with Crippen molar-refractivity contribution >= 4 is 27.6 Å². The second-order valence-corrected chi connectivity index (χ2v) is 7.95. The van der Waals surface area contributed by atoms with Crippen LogP contribution in [-0.4, -0.2) is 42.1 Å². The van der Waals surface area contributed by atoms with Crippen molar-refractivity contribution in [2.75, 3.05) is 18.5 Å². The van der Waals surface area contributed by atoms with Crippen molar-refractivity contribution in [2.45, 2.75) is 17.7 Å². The van der Waals surface area contributed by atoms with E-state index >= 15 is 0 Å². The number of phenolic OH excluding ortho intramolecular Hbond substituents is 1. The highest BCUT2D eigenvalue weighted by atomic mass is 32.2. The van der Waals surface area contributed by atoms with Gasteiger partial charge in [0.2, 0.25) is 10.0 Å². The van der Waals surface area contributed by atoms with E-state index in [0.29, 0.717) is 18.7 Å². The summed E-state index contributed by atoms with van der Waals surface area (Å²) in [4.78, 5) is 10.6. The van der Waals surface area contributed by atoms with Crippen LogP contribution in [0.1, 0.15) is 18.4 Å². The number of hydrogen-bond donors (Lipinski definition) is 2. The molecule has 0 unspecified atom stereocenters. The van der Waals surface area contributed by atoms with Crippen LogP contribution in [0, 0.1) is 10.1 Å². The van der Waals surface area contributed by atoms with Gasteiger partial charge in [-0.25, -0.2) is 8.42 Å². The van der Waals surface area contributed by atoms with Crippen LogP contribution in [0.3, 0.4) is 0 Å². The van der Waals surface area contributed by atoms with Gasteiger partial charge in [0.15, 0.2) is 0 Å². The van der Waals surface area contributed by atoms with Crippen molar-refractivity contribution in [3.63, 3.8) is 0 Å². The lowest BCUT2D eigenvalue weighted by atomic mass is 10.2. The molecule has 0 bridgehead atoms. The summed E-state index contributed by atoms with van der Waals surface area (Å²) < 4.78 is 26.5. The molecule has 2 aromatic carbocycles. The molecule has 0 atom stereocenters. The minimum absolute atomic E-state index is 0.0665. The molecule has 0 aliphatic carbocycles.